The molecule has 118 valence electrons. The zero-order valence-electron chi connectivity index (χ0n) is 12.1. The number of halogens is 4. The number of aromatic nitrogens is 2. The molecule has 0 saturated heterocycles. The number of pyridine rings is 1. The van der Waals surface area contributed by atoms with Crippen molar-refractivity contribution in [1.82, 2.24) is 4.98 Å². The minimum atomic E-state index is -4.37. The summed E-state index contributed by atoms with van der Waals surface area (Å²) in [4.78, 5) is 3.28. The molecule has 0 aliphatic carbocycles. The van der Waals surface area contributed by atoms with Crippen LogP contribution in [0.1, 0.15) is 5.56 Å². The number of aromatic amines is 1. The first kappa shape index (κ1) is 15.6. The highest BCUT2D eigenvalue weighted by molar-refractivity contribution is 6.07. The number of fused-ring (bicyclic) bond motifs is 4. The predicted octanol–water partition coefficient (Wildman–Crippen LogP) is 1.32. The van der Waals surface area contributed by atoms with Gasteiger partial charge in [-0.15, -0.1) is 0 Å². The minimum absolute atomic E-state index is 0. The third kappa shape index (κ3) is 2.23. The summed E-state index contributed by atoms with van der Waals surface area (Å²) in [5, 5.41) is 1.93. The van der Waals surface area contributed by atoms with E-state index in [1.807, 2.05) is 24.3 Å². The Balaban J connectivity index is 0.00000156. The maximum Gasteiger partial charge on any atom is 0.417 e. The number of nitrogens with one attached hydrogen (secondary N) is 1. The van der Waals surface area contributed by atoms with Crippen LogP contribution in [0, 0.1) is 0 Å². The highest BCUT2D eigenvalue weighted by atomic mass is 35.5. The van der Waals surface area contributed by atoms with Crippen LogP contribution < -0.4 is 17.0 Å². The van der Waals surface area contributed by atoms with Gasteiger partial charge in [0.05, 0.1) is 18.0 Å². The van der Waals surface area contributed by atoms with Crippen LogP contribution in [0.25, 0.3) is 32.8 Å². The van der Waals surface area contributed by atoms with Gasteiger partial charge >= 0.3 is 6.18 Å². The number of alkyl halides is 3. The van der Waals surface area contributed by atoms with Crippen molar-refractivity contribution in [2.75, 3.05) is 0 Å². The van der Waals surface area contributed by atoms with E-state index >= 15 is 0 Å². The highest BCUT2D eigenvalue weighted by Crippen LogP contribution is 2.36. The zero-order chi connectivity index (χ0) is 15.5. The molecule has 4 aromatic rings. The van der Waals surface area contributed by atoms with Crippen LogP contribution in [-0.2, 0) is 13.2 Å². The van der Waals surface area contributed by atoms with E-state index in [1.165, 1.54) is 6.07 Å². The number of aryl methyl sites for hydroxylation is 1. The molecule has 0 amide bonds. The third-order valence-corrected chi connectivity index (χ3v) is 4.10. The molecule has 0 fully saturated rings. The number of benzene rings is 2. The lowest BCUT2D eigenvalue weighted by Gasteiger charge is -2.10. The van der Waals surface area contributed by atoms with E-state index in [2.05, 4.69) is 4.98 Å². The lowest BCUT2D eigenvalue weighted by Crippen LogP contribution is -3.00. The Morgan fingerprint density at radius 2 is 1.65 bits per heavy atom. The van der Waals surface area contributed by atoms with Crippen LogP contribution in [-0.4, -0.2) is 4.98 Å². The molecule has 2 heterocycles. The first-order chi connectivity index (χ1) is 10.5. The summed E-state index contributed by atoms with van der Waals surface area (Å²) in [7, 11) is 1.78. The highest BCUT2D eigenvalue weighted by Gasteiger charge is 2.33. The topological polar surface area (TPSA) is 19.7 Å². The second-order valence-electron chi connectivity index (χ2n) is 5.37. The number of nitrogens with zero attached hydrogens (tertiary/aromatic N) is 1. The number of hydrogen-bond acceptors (Lipinski definition) is 0. The lowest BCUT2D eigenvalue weighted by atomic mass is 10.1. The summed E-state index contributed by atoms with van der Waals surface area (Å²) in [6, 6.07) is 13.5. The molecule has 0 saturated carbocycles. The van der Waals surface area contributed by atoms with Crippen LogP contribution in [0.2, 0.25) is 0 Å². The Kier molecular flexibility index (Phi) is 3.48. The van der Waals surface area contributed by atoms with Gasteiger partial charge in [-0.05, 0) is 30.3 Å². The van der Waals surface area contributed by atoms with Crippen molar-refractivity contribution in [3.8, 4) is 0 Å². The quantitative estimate of drug-likeness (QED) is 0.467. The summed E-state index contributed by atoms with van der Waals surface area (Å²) < 4.78 is 41.6. The largest absolute Gasteiger partial charge is 1.00 e. The number of rotatable bonds is 0. The average Bonchev–Trinajstić information content (AvgIpc) is 2.85. The van der Waals surface area contributed by atoms with Crippen molar-refractivity contribution < 1.29 is 30.1 Å². The number of H-pyrrole nitrogens is 1. The van der Waals surface area contributed by atoms with Crippen molar-refractivity contribution in [3.63, 3.8) is 0 Å². The SMILES string of the molecule is C[n+]1c2cccc(C(F)(F)F)c2cc2c3ccccc3[nH]c21.[Cl-]. The molecule has 0 bridgehead atoms. The molecule has 0 unspecified atom stereocenters. The fourth-order valence-corrected chi connectivity index (χ4v) is 3.07. The Labute approximate surface area is 135 Å². The van der Waals surface area contributed by atoms with Gasteiger partial charge in [0.25, 0.3) is 5.65 Å². The third-order valence-electron chi connectivity index (χ3n) is 4.10. The van der Waals surface area contributed by atoms with Gasteiger partial charge in [-0.3, -0.25) is 0 Å². The molecule has 0 atom stereocenters. The fourth-order valence-electron chi connectivity index (χ4n) is 3.07. The maximum absolute atomic E-state index is 13.3. The smallest absolute Gasteiger partial charge is 0.417 e. The Morgan fingerprint density at radius 1 is 0.913 bits per heavy atom. The van der Waals surface area contributed by atoms with Gasteiger partial charge in [0.15, 0.2) is 0 Å². The molecule has 0 aliphatic rings. The molecule has 2 aromatic carbocycles. The van der Waals surface area contributed by atoms with Crippen LogP contribution in [0.15, 0.2) is 48.5 Å². The first-order valence-corrected chi connectivity index (χ1v) is 6.86. The molecule has 1 N–H and O–H groups in total. The van der Waals surface area contributed by atoms with E-state index in [4.69, 9.17) is 0 Å². The predicted molar refractivity (Wildman–Crippen MR) is 79.5 cm³/mol. The molecule has 0 radical (unpaired) electrons. The first-order valence-electron chi connectivity index (χ1n) is 6.86. The average molecular weight is 337 g/mol. The van der Waals surface area contributed by atoms with Crippen LogP contribution in [0.3, 0.4) is 0 Å². The Morgan fingerprint density at radius 3 is 2.39 bits per heavy atom. The summed E-state index contributed by atoms with van der Waals surface area (Å²) in [6.07, 6.45) is -4.37. The Hall–Kier alpha value is -2.27. The standard InChI is InChI=1S/C17H11F3N2.ClH/c1-22-15-8-4-6-13(17(18,19)20)12(15)9-11-10-5-2-3-7-14(10)21-16(11)22;/h2-9H,1H3;1H. The molecule has 2 nitrogen and oxygen atoms in total. The minimum Gasteiger partial charge on any atom is -1.00 e. The van der Waals surface area contributed by atoms with Crippen LogP contribution >= 0.6 is 0 Å². The van der Waals surface area contributed by atoms with Gasteiger partial charge in [0.2, 0.25) is 0 Å². The van der Waals surface area contributed by atoms with Gasteiger partial charge < -0.3 is 12.4 Å². The summed E-state index contributed by atoms with van der Waals surface area (Å²) in [5.74, 6) is 0. The maximum atomic E-state index is 13.3. The summed E-state index contributed by atoms with van der Waals surface area (Å²) in [6.45, 7) is 0. The molecule has 2 aromatic heterocycles. The fraction of sp³-hybridized carbons (Fsp3) is 0.118. The zero-order valence-corrected chi connectivity index (χ0v) is 12.8. The van der Waals surface area contributed by atoms with E-state index in [-0.39, 0.29) is 17.8 Å². The van der Waals surface area contributed by atoms with E-state index in [0.717, 1.165) is 28.0 Å². The molecule has 0 aliphatic heterocycles. The summed E-state index contributed by atoms with van der Waals surface area (Å²) in [5.41, 5.74) is 1.67. The van der Waals surface area contributed by atoms with Crippen molar-refractivity contribution in [2.24, 2.45) is 7.05 Å². The normalized spacial score (nSPS) is 12.0. The van der Waals surface area contributed by atoms with Gasteiger partial charge in [0, 0.05) is 10.8 Å². The number of para-hydroxylation sites is 1. The van der Waals surface area contributed by atoms with Gasteiger partial charge in [-0.25, -0.2) is 9.55 Å². The Bertz CT molecular complexity index is 1030. The molecule has 0 spiro atoms. The van der Waals surface area contributed by atoms with Crippen LogP contribution in [0.5, 0.6) is 0 Å². The van der Waals surface area contributed by atoms with Gasteiger partial charge in [0.1, 0.15) is 11.0 Å². The second kappa shape index (κ2) is 5.13. The van der Waals surface area contributed by atoms with Gasteiger partial charge in [-0.1, -0.05) is 18.2 Å². The van der Waals surface area contributed by atoms with Gasteiger partial charge in [-0.2, -0.15) is 13.2 Å². The molecular formula is C17H12ClF3N2. The van der Waals surface area contributed by atoms with E-state index in [1.54, 1.807) is 23.7 Å². The molecule has 4 rings (SSSR count). The molecule has 23 heavy (non-hydrogen) atoms. The van der Waals surface area contributed by atoms with Crippen LogP contribution in [0.4, 0.5) is 13.2 Å². The lowest BCUT2D eigenvalue weighted by molar-refractivity contribution is -0.619. The van der Waals surface area contributed by atoms with Crippen molar-refractivity contribution in [2.45, 2.75) is 6.18 Å². The van der Waals surface area contributed by atoms with E-state index < -0.39 is 11.7 Å². The molecular weight excluding hydrogens is 325 g/mol. The van der Waals surface area contributed by atoms with Crippen molar-refractivity contribution in [1.29, 1.82) is 0 Å². The monoisotopic (exact) mass is 336 g/mol. The number of hydrogen-bond donors (Lipinski definition) is 1. The van der Waals surface area contributed by atoms with E-state index in [0.29, 0.717) is 5.52 Å². The molecule has 6 heteroatoms. The summed E-state index contributed by atoms with van der Waals surface area (Å²) >= 11 is 0. The second-order valence-corrected chi connectivity index (χ2v) is 5.37. The van der Waals surface area contributed by atoms with Crippen molar-refractivity contribution in [3.05, 3.63) is 54.1 Å². The van der Waals surface area contributed by atoms with E-state index in [9.17, 15) is 13.2 Å². The van der Waals surface area contributed by atoms with Crippen molar-refractivity contribution >= 4 is 32.8 Å².